The lowest BCUT2D eigenvalue weighted by atomic mass is 10.2. The van der Waals surface area contributed by atoms with Gasteiger partial charge in [-0.2, -0.15) is 0 Å². The molecule has 6 heteroatoms. The first-order valence-electron chi connectivity index (χ1n) is 8.00. The van der Waals surface area contributed by atoms with Gasteiger partial charge in [0, 0.05) is 37.9 Å². The highest BCUT2D eigenvalue weighted by atomic mass is 16.5. The van der Waals surface area contributed by atoms with Gasteiger partial charge in [0.15, 0.2) is 0 Å². The number of ether oxygens (including phenoxy) is 1. The molecule has 2 heterocycles. The normalized spacial score (nSPS) is 15.2. The molecular formula is C18H22N4O2. The summed E-state index contributed by atoms with van der Waals surface area (Å²) in [6.07, 6.45) is 1.68. The van der Waals surface area contributed by atoms with Crippen molar-refractivity contribution in [3.05, 3.63) is 48.3 Å². The summed E-state index contributed by atoms with van der Waals surface area (Å²) in [7, 11) is 3.71. The molecule has 1 amide bonds. The van der Waals surface area contributed by atoms with E-state index in [2.05, 4.69) is 22.2 Å². The Morgan fingerprint density at radius 2 is 1.92 bits per heavy atom. The number of hydrogen-bond donors (Lipinski definition) is 1. The number of anilines is 2. The Hall–Kier alpha value is -2.60. The monoisotopic (exact) mass is 326 g/mol. The topological polar surface area (TPSA) is 57.7 Å². The molecule has 0 aliphatic carbocycles. The standard InChI is InChI=1S/C18H22N4O2/c1-21-8-10-22(11-9-21)18(23)17-7-6-15(13-19-17)20-14-4-3-5-16(12-14)24-2/h3-7,12-13,20H,8-11H2,1-2H3. The first-order valence-corrected chi connectivity index (χ1v) is 8.00. The molecule has 0 radical (unpaired) electrons. The van der Waals surface area contributed by atoms with Crippen LogP contribution in [0.2, 0.25) is 0 Å². The van der Waals surface area contributed by atoms with Crippen molar-refractivity contribution in [2.45, 2.75) is 0 Å². The summed E-state index contributed by atoms with van der Waals surface area (Å²) in [5.74, 6) is 0.783. The van der Waals surface area contributed by atoms with Gasteiger partial charge in [-0.1, -0.05) is 6.07 Å². The first-order chi connectivity index (χ1) is 11.7. The van der Waals surface area contributed by atoms with Crippen LogP contribution in [0.1, 0.15) is 10.5 Å². The predicted octanol–water partition coefficient (Wildman–Crippen LogP) is 2.22. The highest BCUT2D eigenvalue weighted by Gasteiger charge is 2.21. The van der Waals surface area contributed by atoms with E-state index in [1.54, 1.807) is 19.4 Å². The number of benzene rings is 1. The molecule has 3 rings (SSSR count). The van der Waals surface area contributed by atoms with Gasteiger partial charge in [-0.3, -0.25) is 4.79 Å². The number of likely N-dealkylation sites (N-methyl/N-ethyl adjacent to an activating group) is 1. The summed E-state index contributed by atoms with van der Waals surface area (Å²) in [4.78, 5) is 20.9. The van der Waals surface area contributed by atoms with Crippen LogP contribution in [0.25, 0.3) is 0 Å². The summed E-state index contributed by atoms with van der Waals surface area (Å²) in [5.41, 5.74) is 2.23. The van der Waals surface area contributed by atoms with Crippen LogP contribution in [0.5, 0.6) is 5.75 Å². The largest absolute Gasteiger partial charge is 0.497 e. The number of nitrogens with one attached hydrogen (secondary N) is 1. The van der Waals surface area contributed by atoms with E-state index < -0.39 is 0 Å². The van der Waals surface area contributed by atoms with E-state index in [-0.39, 0.29) is 5.91 Å². The van der Waals surface area contributed by atoms with Crippen molar-refractivity contribution in [3.63, 3.8) is 0 Å². The smallest absolute Gasteiger partial charge is 0.272 e. The molecule has 1 aromatic carbocycles. The number of pyridine rings is 1. The summed E-state index contributed by atoms with van der Waals surface area (Å²) < 4.78 is 5.21. The maximum absolute atomic E-state index is 12.5. The van der Waals surface area contributed by atoms with E-state index in [0.717, 1.165) is 43.3 Å². The Morgan fingerprint density at radius 1 is 1.12 bits per heavy atom. The molecular weight excluding hydrogens is 304 g/mol. The predicted molar refractivity (Wildman–Crippen MR) is 93.9 cm³/mol. The molecule has 126 valence electrons. The van der Waals surface area contributed by atoms with Crippen LogP contribution < -0.4 is 10.1 Å². The van der Waals surface area contributed by atoms with Crippen molar-refractivity contribution in [1.82, 2.24) is 14.8 Å². The molecule has 1 aliphatic heterocycles. The van der Waals surface area contributed by atoms with E-state index in [0.29, 0.717) is 5.69 Å². The van der Waals surface area contributed by atoms with Crippen LogP contribution >= 0.6 is 0 Å². The fourth-order valence-electron chi connectivity index (χ4n) is 2.63. The molecule has 0 saturated carbocycles. The molecule has 6 nitrogen and oxygen atoms in total. The van der Waals surface area contributed by atoms with Crippen molar-refractivity contribution in [1.29, 1.82) is 0 Å². The Balaban J connectivity index is 1.65. The summed E-state index contributed by atoms with van der Waals surface area (Å²) in [6, 6.07) is 11.3. The third-order valence-corrected chi connectivity index (χ3v) is 4.13. The van der Waals surface area contributed by atoms with Gasteiger partial charge in [0.05, 0.1) is 19.0 Å². The number of piperazine rings is 1. The van der Waals surface area contributed by atoms with Gasteiger partial charge >= 0.3 is 0 Å². The molecule has 1 N–H and O–H groups in total. The second-order valence-electron chi connectivity index (χ2n) is 5.88. The fraction of sp³-hybridized carbons (Fsp3) is 0.333. The van der Waals surface area contributed by atoms with E-state index in [1.165, 1.54) is 0 Å². The fourth-order valence-corrected chi connectivity index (χ4v) is 2.63. The van der Waals surface area contributed by atoms with E-state index >= 15 is 0 Å². The SMILES string of the molecule is COc1cccc(Nc2ccc(C(=O)N3CCN(C)CC3)nc2)c1. The van der Waals surface area contributed by atoms with Gasteiger partial charge in [-0.15, -0.1) is 0 Å². The van der Waals surface area contributed by atoms with Crippen LogP contribution in [0.3, 0.4) is 0 Å². The van der Waals surface area contributed by atoms with E-state index in [4.69, 9.17) is 4.74 Å². The molecule has 0 atom stereocenters. The van der Waals surface area contributed by atoms with Crippen LogP contribution in [0.4, 0.5) is 11.4 Å². The van der Waals surface area contributed by atoms with Crippen LogP contribution in [0, 0.1) is 0 Å². The number of nitrogens with zero attached hydrogens (tertiary/aromatic N) is 3. The Kier molecular flexibility index (Phi) is 4.96. The number of aromatic nitrogens is 1. The summed E-state index contributed by atoms with van der Waals surface area (Å²) in [6.45, 7) is 3.31. The van der Waals surface area contributed by atoms with Crippen LogP contribution in [-0.4, -0.2) is 61.0 Å². The minimum atomic E-state index is -0.00368. The number of carbonyl (C=O) groups is 1. The van der Waals surface area contributed by atoms with Crippen LogP contribution in [-0.2, 0) is 0 Å². The van der Waals surface area contributed by atoms with Crippen molar-refractivity contribution >= 4 is 17.3 Å². The maximum atomic E-state index is 12.5. The highest BCUT2D eigenvalue weighted by Crippen LogP contribution is 2.21. The van der Waals surface area contributed by atoms with Gasteiger partial charge in [0.25, 0.3) is 5.91 Å². The van der Waals surface area contributed by atoms with Gasteiger partial charge in [-0.05, 0) is 31.3 Å². The quantitative estimate of drug-likeness (QED) is 0.934. The lowest BCUT2D eigenvalue weighted by Gasteiger charge is -2.32. The third kappa shape index (κ3) is 3.83. The zero-order valence-electron chi connectivity index (χ0n) is 14.0. The molecule has 1 aromatic heterocycles. The molecule has 1 saturated heterocycles. The number of rotatable bonds is 4. The number of carbonyl (C=O) groups excluding carboxylic acids is 1. The second-order valence-corrected chi connectivity index (χ2v) is 5.88. The number of methoxy groups -OCH3 is 1. The maximum Gasteiger partial charge on any atom is 0.272 e. The van der Waals surface area contributed by atoms with E-state index in [9.17, 15) is 4.79 Å². The van der Waals surface area contributed by atoms with Gasteiger partial charge in [0.1, 0.15) is 11.4 Å². The lowest BCUT2D eigenvalue weighted by molar-refractivity contribution is 0.0658. The van der Waals surface area contributed by atoms with E-state index in [1.807, 2.05) is 35.2 Å². The third-order valence-electron chi connectivity index (χ3n) is 4.13. The second kappa shape index (κ2) is 7.31. The number of hydrogen-bond acceptors (Lipinski definition) is 5. The van der Waals surface area contributed by atoms with Crippen molar-refractivity contribution in [2.24, 2.45) is 0 Å². The van der Waals surface area contributed by atoms with Gasteiger partial charge in [0.2, 0.25) is 0 Å². The Labute approximate surface area is 142 Å². The minimum absolute atomic E-state index is 0.00368. The van der Waals surface area contributed by atoms with Crippen molar-refractivity contribution < 1.29 is 9.53 Å². The molecule has 1 fully saturated rings. The Morgan fingerprint density at radius 3 is 2.58 bits per heavy atom. The molecule has 2 aromatic rings. The zero-order chi connectivity index (χ0) is 16.9. The zero-order valence-corrected chi connectivity index (χ0v) is 14.0. The molecule has 24 heavy (non-hydrogen) atoms. The number of amides is 1. The van der Waals surface area contributed by atoms with Gasteiger partial charge < -0.3 is 19.9 Å². The average molecular weight is 326 g/mol. The molecule has 0 unspecified atom stereocenters. The van der Waals surface area contributed by atoms with Crippen LogP contribution in [0.15, 0.2) is 42.6 Å². The summed E-state index contributed by atoms with van der Waals surface area (Å²) in [5, 5.41) is 3.26. The Bertz CT molecular complexity index is 694. The van der Waals surface area contributed by atoms with Gasteiger partial charge in [-0.25, -0.2) is 4.98 Å². The minimum Gasteiger partial charge on any atom is -0.497 e. The van der Waals surface area contributed by atoms with Crippen molar-refractivity contribution in [2.75, 3.05) is 45.7 Å². The molecule has 0 bridgehead atoms. The molecule has 0 spiro atoms. The van der Waals surface area contributed by atoms with Crippen molar-refractivity contribution in [3.8, 4) is 5.75 Å². The molecule has 1 aliphatic rings. The first kappa shape index (κ1) is 16.3. The average Bonchev–Trinajstić information content (AvgIpc) is 2.62. The highest BCUT2D eigenvalue weighted by molar-refractivity contribution is 5.92. The summed E-state index contributed by atoms with van der Waals surface area (Å²) >= 11 is 0. The lowest BCUT2D eigenvalue weighted by Crippen LogP contribution is -2.47.